The number of fused-ring (bicyclic) bond motifs is 1. The van der Waals surface area contributed by atoms with Gasteiger partial charge in [-0.05, 0) is 24.3 Å². The number of nitrogens with zero attached hydrogens (tertiary/aromatic N) is 1. The first-order chi connectivity index (χ1) is 13.2. The number of allylic oxidation sites excluding steroid dienone is 1. The van der Waals surface area contributed by atoms with Gasteiger partial charge >= 0.3 is 0 Å². The summed E-state index contributed by atoms with van der Waals surface area (Å²) in [6, 6.07) is 16.9. The molecule has 1 fully saturated rings. The average molecular weight is 361 g/mol. The molecule has 2 aromatic carbocycles. The second-order valence-electron chi connectivity index (χ2n) is 6.35. The standard InChI is InChI=1S/C21H16FN3O2/c22-17-7-3-2-6-16(17)21(26)14(11-23)9-15-12-24-25-20(15)19-10-13-5-1-4-8-18(13)27-19/h1-10,15,20,24-25H,12H2/b14-9+. The fourth-order valence-electron chi connectivity index (χ4n) is 3.27. The van der Waals surface area contributed by atoms with Crippen LogP contribution in [-0.2, 0) is 0 Å². The lowest BCUT2D eigenvalue weighted by molar-refractivity contribution is 0.103. The summed E-state index contributed by atoms with van der Waals surface area (Å²) in [6.45, 7) is 0.511. The molecule has 0 bridgehead atoms. The van der Waals surface area contributed by atoms with Crippen LogP contribution in [0.3, 0.4) is 0 Å². The summed E-state index contributed by atoms with van der Waals surface area (Å²) in [5.74, 6) is -0.750. The minimum Gasteiger partial charge on any atom is -0.459 e. The molecule has 2 heterocycles. The average Bonchev–Trinajstić information content (AvgIpc) is 3.32. The lowest BCUT2D eigenvalue weighted by Crippen LogP contribution is -2.24. The van der Waals surface area contributed by atoms with E-state index in [-0.39, 0.29) is 23.1 Å². The molecule has 6 heteroatoms. The zero-order valence-electron chi connectivity index (χ0n) is 14.3. The molecule has 1 aliphatic heterocycles. The number of carbonyl (C=O) groups excluding carboxylic acids is 1. The van der Waals surface area contributed by atoms with Crippen molar-refractivity contribution in [3.05, 3.63) is 83.4 Å². The van der Waals surface area contributed by atoms with Gasteiger partial charge in [-0.25, -0.2) is 9.82 Å². The fraction of sp³-hybridized carbons (Fsp3) is 0.143. The van der Waals surface area contributed by atoms with Crippen molar-refractivity contribution in [2.24, 2.45) is 5.92 Å². The molecule has 2 unspecified atom stereocenters. The van der Waals surface area contributed by atoms with Crippen molar-refractivity contribution in [3.8, 4) is 6.07 Å². The minimum absolute atomic E-state index is 0.0864. The van der Waals surface area contributed by atoms with E-state index in [9.17, 15) is 14.4 Å². The third-order valence-corrected chi connectivity index (χ3v) is 4.64. The van der Waals surface area contributed by atoms with Crippen LogP contribution in [0.1, 0.15) is 22.2 Å². The zero-order chi connectivity index (χ0) is 18.8. The summed E-state index contributed by atoms with van der Waals surface area (Å²) in [4.78, 5) is 12.6. The zero-order valence-corrected chi connectivity index (χ0v) is 14.3. The maximum Gasteiger partial charge on any atom is 0.206 e. The van der Waals surface area contributed by atoms with Gasteiger partial charge in [-0.2, -0.15) is 5.26 Å². The van der Waals surface area contributed by atoms with Crippen molar-refractivity contribution in [1.29, 1.82) is 5.26 Å². The highest BCUT2D eigenvalue weighted by Crippen LogP contribution is 2.31. The number of rotatable bonds is 4. The van der Waals surface area contributed by atoms with Crippen LogP contribution in [0.15, 0.2) is 70.7 Å². The van der Waals surface area contributed by atoms with Gasteiger partial charge in [-0.15, -0.1) is 0 Å². The molecule has 2 N–H and O–H groups in total. The first-order valence-corrected chi connectivity index (χ1v) is 8.55. The molecule has 1 aliphatic rings. The molecule has 5 nitrogen and oxygen atoms in total. The molecular weight excluding hydrogens is 345 g/mol. The third-order valence-electron chi connectivity index (χ3n) is 4.64. The molecule has 134 valence electrons. The lowest BCUT2D eigenvalue weighted by Gasteiger charge is -2.13. The number of benzene rings is 2. The predicted octanol–water partition coefficient (Wildman–Crippen LogP) is 3.67. The lowest BCUT2D eigenvalue weighted by atomic mass is 9.94. The second kappa shape index (κ2) is 7.16. The maximum atomic E-state index is 13.9. The van der Waals surface area contributed by atoms with E-state index in [1.807, 2.05) is 36.4 Å². The maximum absolute atomic E-state index is 13.9. The van der Waals surface area contributed by atoms with Crippen molar-refractivity contribution < 1.29 is 13.6 Å². The summed E-state index contributed by atoms with van der Waals surface area (Å²) in [5, 5.41) is 10.4. The van der Waals surface area contributed by atoms with Gasteiger partial charge in [-0.3, -0.25) is 10.2 Å². The molecule has 0 saturated carbocycles. The molecule has 1 saturated heterocycles. The van der Waals surface area contributed by atoms with Crippen molar-refractivity contribution in [2.75, 3.05) is 6.54 Å². The van der Waals surface area contributed by atoms with Crippen LogP contribution in [0.4, 0.5) is 4.39 Å². The van der Waals surface area contributed by atoms with Crippen LogP contribution < -0.4 is 10.9 Å². The van der Waals surface area contributed by atoms with E-state index >= 15 is 0 Å². The number of hydrogen-bond donors (Lipinski definition) is 2. The van der Waals surface area contributed by atoms with Gasteiger partial charge in [0, 0.05) is 17.8 Å². The highest BCUT2D eigenvalue weighted by molar-refractivity contribution is 6.11. The largest absolute Gasteiger partial charge is 0.459 e. The number of Topliss-reactive ketones (excluding diaryl/α,β-unsaturated/α-hetero) is 1. The quantitative estimate of drug-likeness (QED) is 0.421. The third kappa shape index (κ3) is 3.26. The Morgan fingerprint density at radius 3 is 2.78 bits per heavy atom. The topological polar surface area (TPSA) is 78.1 Å². The summed E-state index contributed by atoms with van der Waals surface area (Å²) < 4.78 is 19.8. The van der Waals surface area contributed by atoms with Crippen LogP contribution in [0.5, 0.6) is 0 Å². The fourth-order valence-corrected chi connectivity index (χ4v) is 3.27. The van der Waals surface area contributed by atoms with Gasteiger partial charge in [0.25, 0.3) is 0 Å². The van der Waals surface area contributed by atoms with E-state index in [1.165, 1.54) is 18.2 Å². The molecule has 0 amide bonds. The summed E-state index contributed by atoms with van der Waals surface area (Å²) in [5.41, 5.74) is 6.73. The van der Waals surface area contributed by atoms with Gasteiger partial charge < -0.3 is 4.42 Å². The van der Waals surface area contributed by atoms with Crippen molar-refractivity contribution in [2.45, 2.75) is 6.04 Å². The van der Waals surface area contributed by atoms with Crippen LogP contribution in [-0.4, -0.2) is 12.3 Å². The van der Waals surface area contributed by atoms with Crippen molar-refractivity contribution >= 4 is 16.8 Å². The monoisotopic (exact) mass is 361 g/mol. The Kier molecular flexibility index (Phi) is 4.55. The minimum atomic E-state index is -0.639. The first kappa shape index (κ1) is 17.2. The number of hydrogen-bond acceptors (Lipinski definition) is 5. The number of halogens is 1. The van der Waals surface area contributed by atoms with E-state index in [0.717, 1.165) is 11.0 Å². The molecule has 0 spiro atoms. The van der Waals surface area contributed by atoms with Crippen LogP contribution in [0.2, 0.25) is 0 Å². The molecule has 27 heavy (non-hydrogen) atoms. The number of carbonyl (C=O) groups is 1. The van der Waals surface area contributed by atoms with Gasteiger partial charge in [0.05, 0.1) is 17.2 Å². The first-order valence-electron chi connectivity index (χ1n) is 8.55. The smallest absolute Gasteiger partial charge is 0.206 e. The van der Waals surface area contributed by atoms with E-state index < -0.39 is 11.6 Å². The SMILES string of the molecule is N#C/C(=C\C1CNNC1c1cc2ccccc2o1)C(=O)c1ccccc1F. The number of furan rings is 1. The van der Waals surface area contributed by atoms with Crippen LogP contribution in [0, 0.1) is 23.1 Å². The molecule has 2 atom stereocenters. The number of hydrazine groups is 1. The Bertz CT molecular complexity index is 1050. The Morgan fingerprint density at radius 1 is 1.22 bits per heavy atom. The van der Waals surface area contributed by atoms with E-state index in [4.69, 9.17) is 4.42 Å². The molecule has 0 aliphatic carbocycles. The van der Waals surface area contributed by atoms with E-state index in [0.29, 0.717) is 12.3 Å². The Balaban J connectivity index is 1.65. The van der Waals surface area contributed by atoms with Crippen LogP contribution in [0.25, 0.3) is 11.0 Å². The normalized spacial score (nSPS) is 19.9. The highest BCUT2D eigenvalue weighted by Gasteiger charge is 2.31. The molecule has 1 aromatic heterocycles. The number of nitriles is 1. The van der Waals surface area contributed by atoms with Crippen LogP contribution >= 0.6 is 0 Å². The van der Waals surface area contributed by atoms with E-state index in [1.54, 1.807) is 12.1 Å². The predicted molar refractivity (Wildman–Crippen MR) is 98.0 cm³/mol. The van der Waals surface area contributed by atoms with Gasteiger partial charge in [0.15, 0.2) is 0 Å². The van der Waals surface area contributed by atoms with Gasteiger partial charge in [-0.1, -0.05) is 36.4 Å². The van der Waals surface area contributed by atoms with Gasteiger partial charge in [0.2, 0.25) is 5.78 Å². The van der Waals surface area contributed by atoms with Crippen molar-refractivity contribution in [3.63, 3.8) is 0 Å². The summed E-state index contributed by atoms with van der Waals surface area (Å²) in [7, 11) is 0. The van der Waals surface area contributed by atoms with E-state index in [2.05, 4.69) is 10.9 Å². The molecule has 4 rings (SSSR count). The number of nitrogens with one attached hydrogen (secondary N) is 2. The Labute approximate surface area is 155 Å². The number of para-hydroxylation sites is 1. The Hall–Kier alpha value is -3.27. The molecule has 0 radical (unpaired) electrons. The highest BCUT2D eigenvalue weighted by atomic mass is 19.1. The molecule has 3 aromatic rings. The molecular formula is C21H16FN3O2. The summed E-state index contributed by atoms with van der Waals surface area (Å²) in [6.07, 6.45) is 1.58. The number of ketones is 1. The second-order valence-corrected chi connectivity index (χ2v) is 6.35. The van der Waals surface area contributed by atoms with Gasteiger partial charge in [0.1, 0.15) is 23.2 Å². The van der Waals surface area contributed by atoms with Crippen molar-refractivity contribution in [1.82, 2.24) is 10.9 Å². The summed E-state index contributed by atoms with van der Waals surface area (Å²) >= 11 is 0. The Morgan fingerprint density at radius 2 is 2.00 bits per heavy atom.